The predicted octanol–water partition coefficient (Wildman–Crippen LogP) is 3.83. The van der Waals surface area contributed by atoms with Crippen molar-refractivity contribution >= 4 is 17.3 Å². The van der Waals surface area contributed by atoms with Gasteiger partial charge in [0.2, 0.25) is 0 Å². The lowest BCUT2D eigenvalue weighted by Crippen LogP contribution is -2.10. The molecule has 2 rings (SSSR count). The van der Waals surface area contributed by atoms with Crippen molar-refractivity contribution in [3.05, 3.63) is 59.7 Å². The fraction of sp³-hybridized carbons (Fsp3) is 0.167. The normalized spacial score (nSPS) is 10.9. The summed E-state index contributed by atoms with van der Waals surface area (Å²) in [5.41, 5.74) is 3.50. The lowest BCUT2D eigenvalue weighted by molar-refractivity contribution is 0.415. The Morgan fingerprint density at radius 3 is 2.43 bits per heavy atom. The molecule has 0 fully saturated rings. The van der Waals surface area contributed by atoms with E-state index in [9.17, 15) is 5.26 Å². The molecule has 0 aliphatic rings. The summed E-state index contributed by atoms with van der Waals surface area (Å²) < 4.78 is 5.41. The highest BCUT2D eigenvalue weighted by atomic mass is 16.5. The Morgan fingerprint density at radius 1 is 1.14 bits per heavy atom. The highest BCUT2D eigenvalue weighted by molar-refractivity contribution is 5.90. The van der Waals surface area contributed by atoms with Crippen LogP contribution in [-0.2, 0) is 0 Å². The monoisotopic (exact) mass is 278 g/mol. The third-order valence-electron chi connectivity index (χ3n) is 3.20. The molecule has 0 heterocycles. The van der Waals surface area contributed by atoms with E-state index < -0.39 is 0 Å². The average molecular weight is 278 g/mol. The van der Waals surface area contributed by atoms with Gasteiger partial charge in [-0.05, 0) is 29.3 Å². The number of nitriles is 1. The van der Waals surface area contributed by atoms with E-state index in [-0.39, 0.29) is 0 Å². The first-order valence-electron chi connectivity index (χ1n) is 6.68. The molecule has 0 aliphatic carbocycles. The maximum Gasteiger partial charge on any atom is 0.142 e. The van der Waals surface area contributed by atoms with Crippen molar-refractivity contribution in [2.45, 2.75) is 0 Å². The van der Waals surface area contributed by atoms with Gasteiger partial charge in [0.05, 0.1) is 24.4 Å². The summed E-state index contributed by atoms with van der Waals surface area (Å²) >= 11 is 0. The van der Waals surface area contributed by atoms with Gasteiger partial charge in [0.15, 0.2) is 0 Å². The Bertz CT molecular complexity index is 682. The van der Waals surface area contributed by atoms with Gasteiger partial charge in [-0.15, -0.1) is 0 Å². The van der Waals surface area contributed by atoms with E-state index in [1.54, 1.807) is 7.11 Å². The molecule has 21 heavy (non-hydrogen) atoms. The van der Waals surface area contributed by atoms with Crippen LogP contribution in [0.25, 0.3) is 11.6 Å². The fourth-order valence-electron chi connectivity index (χ4n) is 2.12. The number of anilines is 1. The van der Waals surface area contributed by atoms with Crippen molar-refractivity contribution in [3.63, 3.8) is 0 Å². The second-order valence-electron chi connectivity index (χ2n) is 4.86. The summed E-state index contributed by atoms with van der Waals surface area (Å²) in [4.78, 5) is 1.99. The van der Waals surface area contributed by atoms with E-state index >= 15 is 0 Å². The van der Waals surface area contributed by atoms with Gasteiger partial charge in [-0.25, -0.2) is 0 Å². The van der Waals surface area contributed by atoms with Gasteiger partial charge < -0.3 is 9.64 Å². The molecular formula is C18H18N2O. The summed E-state index contributed by atoms with van der Waals surface area (Å²) in [6, 6.07) is 17.8. The summed E-state index contributed by atoms with van der Waals surface area (Å²) in [5, 5.41) is 9.35. The first-order valence-corrected chi connectivity index (χ1v) is 6.68. The van der Waals surface area contributed by atoms with Gasteiger partial charge in [0, 0.05) is 14.1 Å². The van der Waals surface area contributed by atoms with Gasteiger partial charge in [-0.1, -0.05) is 36.4 Å². The Labute approximate surface area is 125 Å². The zero-order valence-corrected chi connectivity index (χ0v) is 12.5. The standard InChI is InChI=1S/C18H18N2O/c1-20(2)17-10-9-14(12-18(17)21-3)11-16(13-19)15-7-5-4-6-8-15/h4-12H,1-3H3. The molecule has 2 aromatic carbocycles. The van der Waals surface area contributed by atoms with Gasteiger partial charge in [-0.2, -0.15) is 5.26 Å². The number of ether oxygens (including phenoxy) is 1. The second-order valence-corrected chi connectivity index (χ2v) is 4.86. The Hall–Kier alpha value is -2.73. The summed E-state index contributed by atoms with van der Waals surface area (Å²) in [6.07, 6.45) is 1.87. The molecule has 0 unspecified atom stereocenters. The van der Waals surface area contributed by atoms with Crippen LogP contribution in [0, 0.1) is 11.3 Å². The highest BCUT2D eigenvalue weighted by Crippen LogP contribution is 2.29. The number of hydrogen-bond acceptors (Lipinski definition) is 3. The van der Waals surface area contributed by atoms with E-state index in [4.69, 9.17) is 4.74 Å². The Balaban J connectivity index is 2.42. The maximum absolute atomic E-state index is 9.35. The minimum Gasteiger partial charge on any atom is -0.495 e. The van der Waals surface area contributed by atoms with E-state index in [0.29, 0.717) is 5.57 Å². The van der Waals surface area contributed by atoms with E-state index in [2.05, 4.69) is 6.07 Å². The number of benzene rings is 2. The zero-order valence-electron chi connectivity index (χ0n) is 12.5. The van der Waals surface area contributed by atoms with Crippen LogP contribution in [0.1, 0.15) is 11.1 Å². The minimum atomic E-state index is 0.634. The average Bonchev–Trinajstić information content (AvgIpc) is 2.53. The molecule has 0 aliphatic heterocycles. The summed E-state index contributed by atoms with van der Waals surface area (Å²) in [7, 11) is 5.59. The van der Waals surface area contributed by atoms with Crippen LogP contribution in [0.3, 0.4) is 0 Å². The molecule has 3 heteroatoms. The largest absolute Gasteiger partial charge is 0.495 e. The molecule has 0 aromatic heterocycles. The van der Waals surface area contributed by atoms with Gasteiger partial charge in [-0.3, -0.25) is 0 Å². The van der Waals surface area contributed by atoms with Crippen LogP contribution in [0.15, 0.2) is 48.5 Å². The van der Waals surface area contributed by atoms with Crippen LogP contribution in [-0.4, -0.2) is 21.2 Å². The van der Waals surface area contributed by atoms with Crippen LogP contribution < -0.4 is 9.64 Å². The maximum atomic E-state index is 9.35. The molecule has 0 spiro atoms. The van der Waals surface area contributed by atoms with E-state index in [1.807, 2.05) is 73.6 Å². The molecule has 0 radical (unpaired) electrons. The van der Waals surface area contributed by atoms with Crippen molar-refractivity contribution in [1.82, 2.24) is 0 Å². The fourth-order valence-corrected chi connectivity index (χ4v) is 2.12. The number of nitrogens with zero attached hydrogens (tertiary/aromatic N) is 2. The van der Waals surface area contributed by atoms with Gasteiger partial charge >= 0.3 is 0 Å². The lowest BCUT2D eigenvalue weighted by atomic mass is 10.0. The molecule has 2 aromatic rings. The first kappa shape index (κ1) is 14.7. The quantitative estimate of drug-likeness (QED) is 0.630. The zero-order chi connectivity index (χ0) is 15.2. The van der Waals surface area contributed by atoms with Crippen LogP contribution in [0.2, 0.25) is 0 Å². The predicted molar refractivity (Wildman–Crippen MR) is 87.2 cm³/mol. The molecule has 3 nitrogen and oxygen atoms in total. The molecule has 0 saturated heterocycles. The number of rotatable bonds is 4. The Kier molecular flexibility index (Phi) is 4.63. The van der Waals surface area contributed by atoms with Crippen molar-refractivity contribution in [1.29, 1.82) is 5.26 Å². The number of hydrogen-bond donors (Lipinski definition) is 0. The first-order chi connectivity index (χ1) is 10.2. The van der Waals surface area contributed by atoms with Crippen LogP contribution in [0.5, 0.6) is 5.75 Å². The topological polar surface area (TPSA) is 36.3 Å². The second kappa shape index (κ2) is 6.62. The van der Waals surface area contributed by atoms with Crippen molar-refractivity contribution in [2.75, 3.05) is 26.1 Å². The van der Waals surface area contributed by atoms with Gasteiger partial charge in [0.1, 0.15) is 5.75 Å². The third kappa shape index (κ3) is 3.43. The highest BCUT2D eigenvalue weighted by Gasteiger charge is 2.06. The van der Waals surface area contributed by atoms with Crippen molar-refractivity contribution in [2.24, 2.45) is 0 Å². The van der Waals surface area contributed by atoms with Crippen LogP contribution in [0.4, 0.5) is 5.69 Å². The molecule has 0 amide bonds. The number of allylic oxidation sites excluding steroid dienone is 1. The van der Waals surface area contributed by atoms with Crippen LogP contribution >= 0.6 is 0 Å². The smallest absolute Gasteiger partial charge is 0.142 e. The molecule has 0 N–H and O–H groups in total. The van der Waals surface area contributed by atoms with E-state index in [0.717, 1.165) is 22.6 Å². The molecule has 0 saturated carbocycles. The third-order valence-corrected chi connectivity index (χ3v) is 3.20. The summed E-state index contributed by atoms with van der Waals surface area (Å²) in [5.74, 6) is 0.791. The molecule has 0 bridgehead atoms. The van der Waals surface area contributed by atoms with Gasteiger partial charge in [0.25, 0.3) is 0 Å². The molecule has 0 atom stereocenters. The van der Waals surface area contributed by atoms with Crippen molar-refractivity contribution < 1.29 is 4.74 Å². The molecule has 106 valence electrons. The number of methoxy groups -OCH3 is 1. The lowest BCUT2D eigenvalue weighted by Gasteiger charge is -2.16. The van der Waals surface area contributed by atoms with E-state index in [1.165, 1.54) is 0 Å². The minimum absolute atomic E-state index is 0.634. The SMILES string of the molecule is COc1cc(C=C(C#N)c2ccccc2)ccc1N(C)C. The molecular weight excluding hydrogens is 260 g/mol. The summed E-state index contributed by atoms with van der Waals surface area (Å²) in [6.45, 7) is 0. The Morgan fingerprint density at radius 2 is 1.86 bits per heavy atom. The van der Waals surface area contributed by atoms with Crippen molar-refractivity contribution in [3.8, 4) is 11.8 Å².